The molecule has 8 aromatic heterocycles. The van der Waals surface area contributed by atoms with Gasteiger partial charge in [-0.25, -0.2) is 39.5 Å². The van der Waals surface area contributed by atoms with Crippen LogP contribution in [0, 0.1) is 52.4 Å². The number of hydrogen-bond acceptors (Lipinski definition) is 16. The molecular weight excluding hydrogens is 1610 g/mol. The van der Waals surface area contributed by atoms with Crippen molar-refractivity contribution in [1.29, 1.82) is 0 Å². The van der Waals surface area contributed by atoms with Gasteiger partial charge in [0.15, 0.2) is 98.0 Å². The van der Waals surface area contributed by atoms with E-state index >= 15 is 0 Å². The van der Waals surface area contributed by atoms with E-state index < -0.39 is 158 Å². The number of benzene rings is 4. The molecule has 4 unspecified atom stereocenters. The number of aromatic nitrogens is 12. The summed E-state index contributed by atoms with van der Waals surface area (Å²) in [6, 6.07) is 13.2. The second-order valence-electron chi connectivity index (χ2n) is 23.8. The molecule has 0 aliphatic carbocycles. The maximum Gasteiger partial charge on any atom is 0.420 e. The van der Waals surface area contributed by atoms with Crippen LogP contribution < -0.4 is 18.9 Å². The Bertz CT molecular complexity index is 4880. The fourth-order valence-electron chi connectivity index (χ4n) is 11.1. The highest BCUT2D eigenvalue weighted by molar-refractivity contribution is 5.58. The van der Waals surface area contributed by atoms with Crippen LogP contribution in [0.3, 0.4) is 0 Å². The molecule has 0 saturated heterocycles. The van der Waals surface area contributed by atoms with Crippen molar-refractivity contribution in [2.24, 2.45) is 0 Å². The molecule has 0 radical (unpaired) electrons. The summed E-state index contributed by atoms with van der Waals surface area (Å²) in [5, 5.41) is 29.5. The highest BCUT2D eigenvalue weighted by atomic mass is 19.4. The highest BCUT2D eigenvalue weighted by Crippen LogP contribution is 2.44. The van der Waals surface area contributed by atoms with E-state index in [0.29, 0.717) is 56.8 Å². The number of pyridine rings is 4. The first kappa shape index (κ1) is 96.5. The standard InChI is InChI=1S/C18H15F6N3O2.3C18H16F5N3O2.4CH4/c1-3-28-8-14-25-26-17-15(18(22,23)24)11(4-5-27(14)17)9(2)29-16-12(20)6-10(19)7-13(16)21;3*1-3-27-9-15-24-25-17-16(18(21,22)23)12(6-7-26(15)17)10(2)28-14-5-4-11(19)8-13(14)20;;;;/h4-7,9H,3,8H2,1-2H3;3*4-8,10H,3,9H2,1-2H3;4*1H4. The minimum Gasteiger partial charge on any atom is -0.483 e. The summed E-state index contributed by atoms with van der Waals surface area (Å²) >= 11 is 0. The molecule has 0 aliphatic rings. The van der Waals surface area contributed by atoms with Gasteiger partial charge in [0, 0.05) is 104 Å². The topological polar surface area (TPSA) is 195 Å². The Kier molecular flexibility index (Phi) is 33.6. The van der Waals surface area contributed by atoms with Gasteiger partial charge in [0.1, 0.15) is 96.4 Å². The lowest BCUT2D eigenvalue weighted by atomic mass is 10.0. The fraction of sp³-hybridized carbons (Fsp3) is 0.368. The lowest BCUT2D eigenvalue weighted by molar-refractivity contribution is -0.138. The minimum absolute atomic E-state index is 0. The Morgan fingerprint density at radius 3 is 0.709 bits per heavy atom. The van der Waals surface area contributed by atoms with Crippen molar-refractivity contribution in [2.75, 3.05) is 26.4 Å². The predicted octanol–water partition coefficient (Wildman–Crippen LogP) is 21.5. The van der Waals surface area contributed by atoms with Gasteiger partial charge in [0.05, 0.1) is 0 Å². The lowest BCUT2D eigenvalue weighted by Gasteiger charge is -2.21. The van der Waals surface area contributed by atoms with E-state index in [1.165, 1.54) is 83.9 Å². The summed E-state index contributed by atoms with van der Waals surface area (Å²) in [5.41, 5.74) is -7.17. The second-order valence-corrected chi connectivity index (χ2v) is 23.8. The Morgan fingerprint density at radius 1 is 0.291 bits per heavy atom. The summed E-state index contributed by atoms with van der Waals surface area (Å²) in [6.07, 6.45) is -18.7. The van der Waals surface area contributed by atoms with Gasteiger partial charge in [-0.05, 0) is 116 Å². The SMILES string of the molecule is C.C.C.C.CCOCc1nnc2c(C(F)(F)F)c(C(C)Oc3c(F)cc(F)cc3F)ccn12.CCOCc1nnc2c(C(F)(F)F)c(C(C)Oc3ccc(F)cc3F)ccn12.CCOCc1nnc2c(C(F)(F)F)c(C(C)Oc3ccc(F)cc3F)ccn12.CCOCc1nnc2c(C(F)(F)F)c(C(C)Oc3ccc(F)cc3F)ccn12. The maximum atomic E-state index is 13.8. The van der Waals surface area contributed by atoms with Crippen LogP contribution in [0.25, 0.3) is 22.6 Å². The molecule has 0 aliphatic heterocycles. The summed E-state index contributed by atoms with van der Waals surface area (Å²) in [5.74, 6) is -10.7. The Labute approximate surface area is 655 Å². The summed E-state index contributed by atoms with van der Waals surface area (Å²) in [7, 11) is 0. The molecule has 12 rings (SSSR count). The summed E-state index contributed by atoms with van der Waals surface area (Å²) in [6.45, 7) is 13.5. The van der Waals surface area contributed by atoms with Gasteiger partial charge < -0.3 is 37.9 Å². The number of halogens is 21. The van der Waals surface area contributed by atoms with E-state index in [2.05, 4.69) is 40.8 Å². The maximum absolute atomic E-state index is 13.8. The zero-order valence-electron chi connectivity index (χ0n) is 60.0. The molecule has 4 atom stereocenters. The largest absolute Gasteiger partial charge is 0.483 e. The molecule has 0 spiro atoms. The predicted molar refractivity (Wildman–Crippen MR) is 382 cm³/mol. The van der Waals surface area contributed by atoms with Crippen molar-refractivity contribution in [2.45, 2.75) is 161 Å². The zero-order chi connectivity index (χ0) is 82.8. The van der Waals surface area contributed by atoms with Crippen LogP contribution in [0.5, 0.6) is 23.0 Å². The number of nitrogens with zero attached hydrogens (tertiary/aromatic N) is 12. The first-order valence-electron chi connectivity index (χ1n) is 33.5. The van der Waals surface area contributed by atoms with Crippen molar-refractivity contribution in [3.63, 3.8) is 0 Å². The van der Waals surface area contributed by atoms with E-state index in [1.807, 2.05) is 0 Å². The van der Waals surface area contributed by atoms with Crippen LogP contribution in [-0.4, -0.2) is 84.8 Å². The Balaban J connectivity index is 0.000000275. The molecule has 41 heteroatoms. The number of rotatable bonds is 24. The first-order valence-corrected chi connectivity index (χ1v) is 33.5. The van der Waals surface area contributed by atoms with Gasteiger partial charge in [-0.2, -0.15) is 52.7 Å². The molecule has 12 aromatic rings. The zero-order valence-corrected chi connectivity index (χ0v) is 60.0. The second kappa shape index (κ2) is 40.7. The average Bonchev–Trinajstić information content (AvgIpc) is 1.70. The van der Waals surface area contributed by atoms with Crippen molar-refractivity contribution >= 4 is 22.6 Å². The van der Waals surface area contributed by atoms with Crippen molar-refractivity contribution in [3.05, 3.63) is 236 Å². The summed E-state index contributed by atoms with van der Waals surface area (Å²) in [4.78, 5) is 0. The van der Waals surface area contributed by atoms with Gasteiger partial charge in [-0.3, -0.25) is 17.6 Å². The van der Waals surface area contributed by atoms with E-state index in [4.69, 9.17) is 37.9 Å². The van der Waals surface area contributed by atoms with Crippen molar-refractivity contribution in [3.8, 4) is 23.0 Å². The Hall–Kier alpha value is -11.1. The van der Waals surface area contributed by atoms with E-state index in [1.54, 1.807) is 27.7 Å². The molecule has 4 aromatic carbocycles. The number of alkyl halides is 12. The van der Waals surface area contributed by atoms with Crippen LogP contribution in [0.2, 0.25) is 0 Å². The molecule has 0 saturated carbocycles. The van der Waals surface area contributed by atoms with E-state index in [0.717, 1.165) is 46.9 Å². The highest BCUT2D eigenvalue weighted by Gasteiger charge is 2.43. The Morgan fingerprint density at radius 2 is 0.504 bits per heavy atom. The molecule has 638 valence electrons. The molecule has 0 N–H and O–H groups in total. The molecule has 0 amide bonds. The van der Waals surface area contributed by atoms with E-state index in [9.17, 15) is 92.2 Å². The quantitative estimate of drug-likeness (QED) is 0.0518. The monoisotopic (exact) mass is 1690 g/mol. The number of ether oxygens (including phenoxy) is 8. The lowest BCUT2D eigenvalue weighted by Crippen LogP contribution is -2.17. The normalized spacial score (nSPS) is 12.7. The molecule has 20 nitrogen and oxygen atoms in total. The fourth-order valence-corrected chi connectivity index (χ4v) is 11.1. The van der Waals surface area contributed by atoms with Gasteiger partial charge in [-0.1, -0.05) is 29.7 Å². The summed E-state index contributed by atoms with van der Waals surface area (Å²) < 4.78 is 333. The van der Waals surface area contributed by atoms with Crippen molar-refractivity contribution in [1.82, 2.24) is 58.4 Å². The molecule has 0 bridgehead atoms. The number of hydrogen-bond donors (Lipinski definition) is 0. The van der Waals surface area contributed by atoms with Crippen LogP contribution in [-0.2, 0) is 70.1 Å². The van der Waals surface area contributed by atoms with E-state index in [-0.39, 0.29) is 113 Å². The average molecular weight is 1690 g/mol. The number of fused-ring (bicyclic) bond motifs is 4. The third-order valence-electron chi connectivity index (χ3n) is 16.2. The van der Waals surface area contributed by atoms with Crippen LogP contribution in [0.4, 0.5) is 92.2 Å². The van der Waals surface area contributed by atoms with Crippen LogP contribution in [0.15, 0.2) is 116 Å². The van der Waals surface area contributed by atoms with Gasteiger partial charge >= 0.3 is 24.7 Å². The van der Waals surface area contributed by atoms with Gasteiger partial charge in [-0.15, -0.1) is 40.8 Å². The molecular formula is C76H79F21N12O8. The van der Waals surface area contributed by atoms with Gasteiger partial charge in [0.2, 0.25) is 0 Å². The first-order chi connectivity index (χ1) is 53.3. The minimum atomic E-state index is -4.86. The van der Waals surface area contributed by atoms with Gasteiger partial charge in [0.25, 0.3) is 0 Å². The van der Waals surface area contributed by atoms with Crippen LogP contribution in [0.1, 0.15) is 177 Å². The third-order valence-corrected chi connectivity index (χ3v) is 16.2. The molecule has 0 fully saturated rings. The molecule has 117 heavy (non-hydrogen) atoms. The molecule has 8 heterocycles. The third kappa shape index (κ3) is 23.0. The van der Waals surface area contributed by atoms with Crippen LogP contribution >= 0.6 is 0 Å². The van der Waals surface area contributed by atoms with Crippen molar-refractivity contribution < 1.29 is 130 Å². The smallest absolute Gasteiger partial charge is 0.420 e.